The molecule has 0 saturated carbocycles. The van der Waals surface area contributed by atoms with Gasteiger partial charge in [0.25, 0.3) is 0 Å². The quantitative estimate of drug-likeness (QED) is 0.766. The highest BCUT2D eigenvalue weighted by Gasteiger charge is 2.33. The lowest BCUT2D eigenvalue weighted by atomic mass is 10.0. The van der Waals surface area contributed by atoms with E-state index in [2.05, 4.69) is 44.7 Å². The molecule has 1 fully saturated rings. The molecule has 3 aromatic rings. The lowest BCUT2D eigenvalue weighted by molar-refractivity contribution is 0.131. The van der Waals surface area contributed by atoms with E-state index in [-0.39, 0.29) is 11.6 Å². The zero-order valence-electron chi connectivity index (χ0n) is 15.6. The number of ether oxygens (including phenoxy) is 2. The number of benzene rings is 1. The predicted molar refractivity (Wildman–Crippen MR) is 102 cm³/mol. The summed E-state index contributed by atoms with van der Waals surface area (Å²) in [6, 6.07) is 6.42. The summed E-state index contributed by atoms with van der Waals surface area (Å²) in [6.45, 7) is 5.77. The van der Waals surface area contributed by atoms with E-state index in [1.807, 2.05) is 12.1 Å². The Kier molecular flexibility index (Phi) is 3.70. The number of nitrogens with zero attached hydrogens (tertiary/aromatic N) is 4. The molecule has 0 radical (unpaired) electrons. The highest BCUT2D eigenvalue weighted by molar-refractivity contribution is 5.83. The second-order valence-electron chi connectivity index (χ2n) is 7.88. The van der Waals surface area contributed by atoms with E-state index in [1.54, 1.807) is 12.7 Å². The number of nitrogens with one attached hydrogen (secondary N) is 1. The van der Waals surface area contributed by atoms with Gasteiger partial charge in [0, 0.05) is 18.5 Å². The molecule has 140 valence electrons. The summed E-state index contributed by atoms with van der Waals surface area (Å²) in [5.74, 6) is 2.63. The van der Waals surface area contributed by atoms with Crippen molar-refractivity contribution in [3.8, 4) is 11.5 Å². The molecule has 0 bridgehead atoms. The van der Waals surface area contributed by atoms with Crippen molar-refractivity contribution in [3.63, 3.8) is 0 Å². The van der Waals surface area contributed by atoms with Crippen LogP contribution in [0, 0.1) is 0 Å². The first kappa shape index (κ1) is 16.4. The number of anilines is 1. The number of aromatic nitrogens is 4. The summed E-state index contributed by atoms with van der Waals surface area (Å²) in [5.41, 5.74) is 2.63. The summed E-state index contributed by atoms with van der Waals surface area (Å²) in [6.07, 6.45) is 6.34. The van der Waals surface area contributed by atoms with Crippen LogP contribution in [0.5, 0.6) is 11.5 Å². The molecule has 4 heterocycles. The molecule has 1 aromatic carbocycles. The third-order valence-electron chi connectivity index (χ3n) is 5.34. The van der Waals surface area contributed by atoms with E-state index in [0.29, 0.717) is 12.3 Å². The van der Waals surface area contributed by atoms with Crippen molar-refractivity contribution in [2.75, 3.05) is 18.1 Å². The maximum Gasteiger partial charge on any atom is 0.182 e. The molecule has 2 aliphatic rings. The van der Waals surface area contributed by atoms with Crippen LogP contribution in [0.4, 0.5) is 5.82 Å². The lowest BCUT2D eigenvalue weighted by Gasteiger charge is -2.26. The van der Waals surface area contributed by atoms with Gasteiger partial charge in [-0.05, 0) is 32.8 Å². The van der Waals surface area contributed by atoms with Crippen molar-refractivity contribution in [2.24, 2.45) is 0 Å². The molecule has 1 atom stereocenters. The first-order valence-corrected chi connectivity index (χ1v) is 9.45. The second-order valence-corrected chi connectivity index (χ2v) is 7.88. The van der Waals surface area contributed by atoms with Gasteiger partial charge in [-0.25, -0.2) is 15.0 Å². The smallest absolute Gasteiger partial charge is 0.182 e. The van der Waals surface area contributed by atoms with Crippen LogP contribution in [0.15, 0.2) is 30.9 Å². The van der Waals surface area contributed by atoms with Crippen molar-refractivity contribution in [1.29, 1.82) is 0 Å². The molecule has 0 spiro atoms. The molecule has 1 saturated heterocycles. The fourth-order valence-electron chi connectivity index (χ4n) is 4.14. The van der Waals surface area contributed by atoms with E-state index in [1.165, 1.54) is 5.56 Å². The molecule has 1 N–H and O–H groups in total. The maximum atomic E-state index is 6.24. The molecule has 2 aromatic heterocycles. The Morgan fingerprint density at radius 3 is 3.15 bits per heavy atom. The normalized spacial score (nSPS) is 20.7. The van der Waals surface area contributed by atoms with E-state index in [4.69, 9.17) is 9.47 Å². The fraction of sp³-hybridized carbons (Fsp3) is 0.450. The standard InChI is InChI=1S/C20H23N5O2/c1-20(2)9-13-5-3-7-15(17(13)27-20)26-10-14-6-4-8-25(14)19-16-18(22-11-21-16)23-12-24-19/h3,5,7,11-12,14H,4,6,8-10H2,1-2H3,(H,21,22,23,24)/t14-/m1/s1. The Balaban J connectivity index is 1.36. The third kappa shape index (κ3) is 2.87. The summed E-state index contributed by atoms with van der Waals surface area (Å²) < 4.78 is 12.4. The molecular weight excluding hydrogens is 342 g/mol. The first-order chi connectivity index (χ1) is 13.1. The molecule has 0 unspecified atom stereocenters. The summed E-state index contributed by atoms with van der Waals surface area (Å²) in [5, 5.41) is 0. The topological polar surface area (TPSA) is 76.2 Å². The molecule has 5 rings (SSSR count). The summed E-state index contributed by atoms with van der Waals surface area (Å²) in [7, 11) is 0. The highest BCUT2D eigenvalue weighted by atomic mass is 16.5. The van der Waals surface area contributed by atoms with Crippen molar-refractivity contribution in [1.82, 2.24) is 19.9 Å². The Bertz CT molecular complexity index is 983. The Labute approximate surface area is 157 Å². The minimum Gasteiger partial charge on any atom is -0.488 e. The van der Waals surface area contributed by atoms with Gasteiger partial charge in [0.2, 0.25) is 0 Å². The van der Waals surface area contributed by atoms with Gasteiger partial charge in [0.05, 0.1) is 12.4 Å². The number of hydrogen-bond acceptors (Lipinski definition) is 6. The zero-order valence-corrected chi connectivity index (χ0v) is 15.6. The number of H-pyrrole nitrogens is 1. The lowest BCUT2D eigenvalue weighted by Crippen LogP contribution is -2.35. The van der Waals surface area contributed by atoms with E-state index in [9.17, 15) is 0 Å². The number of imidazole rings is 1. The molecular formula is C20H23N5O2. The van der Waals surface area contributed by atoms with Crippen LogP contribution in [0.3, 0.4) is 0 Å². The van der Waals surface area contributed by atoms with Gasteiger partial charge in [-0.3, -0.25) is 0 Å². The Morgan fingerprint density at radius 1 is 1.30 bits per heavy atom. The van der Waals surface area contributed by atoms with Gasteiger partial charge in [0.15, 0.2) is 23.0 Å². The Morgan fingerprint density at radius 2 is 2.22 bits per heavy atom. The monoisotopic (exact) mass is 365 g/mol. The minimum absolute atomic E-state index is 0.172. The van der Waals surface area contributed by atoms with Crippen LogP contribution in [-0.2, 0) is 6.42 Å². The minimum atomic E-state index is -0.172. The molecule has 2 aliphatic heterocycles. The van der Waals surface area contributed by atoms with Gasteiger partial charge in [-0.15, -0.1) is 0 Å². The fourth-order valence-corrected chi connectivity index (χ4v) is 4.14. The molecule has 27 heavy (non-hydrogen) atoms. The molecule has 0 aliphatic carbocycles. The van der Waals surface area contributed by atoms with Crippen LogP contribution >= 0.6 is 0 Å². The number of para-hydroxylation sites is 1. The average Bonchev–Trinajstić information content (AvgIpc) is 3.36. The summed E-state index contributed by atoms with van der Waals surface area (Å²) >= 11 is 0. The second kappa shape index (κ2) is 6.11. The summed E-state index contributed by atoms with van der Waals surface area (Å²) in [4.78, 5) is 18.4. The van der Waals surface area contributed by atoms with Crippen molar-refractivity contribution < 1.29 is 9.47 Å². The third-order valence-corrected chi connectivity index (χ3v) is 5.34. The maximum absolute atomic E-state index is 6.24. The van der Waals surface area contributed by atoms with Crippen molar-refractivity contribution >= 4 is 17.0 Å². The van der Waals surface area contributed by atoms with Gasteiger partial charge < -0.3 is 19.4 Å². The number of fused-ring (bicyclic) bond motifs is 2. The van der Waals surface area contributed by atoms with Gasteiger partial charge in [-0.2, -0.15) is 0 Å². The van der Waals surface area contributed by atoms with Crippen molar-refractivity contribution in [3.05, 3.63) is 36.4 Å². The van der Waals surface area contributed by atoms with Crippen LogP contribution < -0.4 is 14.4 Å². The largest absolute Gasteiger partial charge is 0.488 e. The average molecular weight is 365 g/mol. The van der Waals surface area contributed by atoms with Gasteiger partial charge >= 0.3 is 0 Å². The van der Waals surface area contributed by atoms with E-state index < -0.39 is 0 Å². The number of aromatic amines is 1. The van der Waals surface area contributed by atoms with Gasteiger partial charge in [-0.1, -0.05) is 12.1 Å². The van der Waals surface area contributed by atoms with Crippen LogP contribution in [-0.4, -0.2) is 44.7 Å². The van der Waals surface area contributed by atoms with Crippen LogP contribution in [0.1, 0.15) is 32.3 Å². The Hall–Kier alpha value is -2.83. The van der Waals surface area contributed by atoms with Gasteiger partial charge in [0.1, 0.15) is 24.1 Å². The zero-order chi connectivity index (χ0) is 18.4. The van der Waals surface area contributed by atoms with Crippen molar-refractivity contribution in [2.45, 2.75) is 44.8 Å². The SMILES string of the molecule is CC1(C)Cc2cccc(OC[C@H]3CCCN3c3ncnc4nc[nH]c34)c2O1. The first-order valence-electron chi connectivity index (χ1n) is 9.45. The molecule has 0 amide bonds. The highest BCUT2D eigenvalue weighted by Crippen LogP contribution is 2.42. The predicted octanol–water partition coefficient (Wildman–Crippen LogP) is 3.11. The van der Waals surface area contributed by atoms with E-state index in [0.717, 1.165) is 48.6 Å². The van der Waals surface area contributed by atoms with Crippen LogP contribution in [0.25, 0.3) is 11.2 Å². The molecule has 7 nitrogen and oxygen atoms in total. The number of hydrogen-bond donors (Lipinski definition) is 1. The number of rotatable bonds is 4. The molecule has 7 heteroatoms. The van der Waals surface area contributed by atoms with E-state index >= 15 is 0 Å². The van der Waals surface area contributed by atoms with Crippen LogP contribution in [0.2, 0.25) is 0 Å².